The molecule has 0 unspecified atom stereocenters. The normalized spacial score (nSPS) is 10.6. The molecule has 0 aromatic carbocycles. The summed E-state index contributed by atoms with van der Waals surface area (Å²) in [6, 6.07) is 1.53. The van der Waals surface area contributed by atoms with Gasteiger partial charge in [0.25, 0.3) is 0 Å². The molecule has 0 aliphatic rings. The van der Waals surface area contributed by atoms with Gasteiger partial charge in [-0.15, -0.1) is 0 Å². The maximum Gasteiger partial charge on any atom is 0.311 e. The summed E-state index contributed by atoms with van der Waals surface area (Å²) in [7, 11) is 0. The summed E-state index contributed by atoms with van der Waals surface area (Å²) in [4.78, 5) is 0. The fourth-order valence-corrected chi connectivity index (χ4v) is 0.601. The first-order valence-electron chi connectivity index (χ1n) is 3.13. The van der Waals surface area contributed by atoms with Crippen LogP contribution < -0.4 is 4.74 Å². The minimum absolute atomic E-state index is 0.322. The molecular formula is C6H8N2O3. The van der Waals surface area contributed by atoms with Crippen LogP contribution in [0.15, 0.2) is 15.7 Å². The first kappa shape index (κ1) is 7.59. The van der Waals surface area contributed by atoms with Crippen molar-refractivity contribution in [1.29, 1.82) is 0 Å². The van der Waals surface area contributed by atoms with Crippen LogP contribution in [0.1, 0.15) is 12.6 Å². The van der Waals surface area contributed by atoms with Gasteiger partial charge in [-0.25, -0.2) is 0 Å². The molecule has 0 bridgehead atoms. The summed E-state index contributed by atoms with van der Waals surface area (Å²) in [6.45, 7) is 2.35. The Kier molecular flexibility index (Phi) is 2.48. The first-order chi connectivity index (χ1) is 5.36. The van der Waals surface area contributed by atoms with Crippen LogP contribution in [0.25, 0.3) is 0 Å². The van der Waals surface area contributed by atoms with Crippen molar-refractivity contribution in [2.45, 2.75) is 6.92 Å². The molecule has 0 saturated heterocycles. The lowest BCUT2D eigenvalue weighted by molar-refractivity contribution is 0.225. The van der Waals surface area contributed by atoms with Gasteiger partial charge < -0.3 is 14.5 Å². The van der Waals surface area contributed by atoms with Gasteiger partial charge in [-0.05, 0) is 6.92 Å². The van der Waals surface area contributed by atoms with Crippen LogP contribution >= 0.6 is 0 Å². The number of hydrogen-bond donors (Lipinski definition) is 1. The lowest BCUT2D eigenvalue weighted by Crippen LogP contribution is -1.88. The highest BCUT2D eigenvalue weighted by molar-refractivity contribution is 5.76. The van der Waals surface area contributed by atoms with Gasteiger partial charge in [0.15, 0.2) is 0 Å². The largest absolute Gasteiger partial charge is 0.464 e. The van der Waals surface area contributed by atoms with Crippen molar-refractivity contribution >= 4 is 6.21 Å². The average Bonchev–Trinajstić information content (AvgIpc) is 2.38. The second kappa shape index (κ2) is 3.60. The van der Waals surface area contributed by atoms with Gasteiger partial charge in [-0.1, -0.05) is 10.3 Å². The predicted octanol–water partition coefficient (Wildman–Crippen LogP) is 0.881. The van der Waals surface area contributed by atoms with E-state index in [-0.39, 0.29) is 0 Å². The Bertz CT molecular complexity index is 244. The minimum Gasteiger partial charge on any atom is -0.464 e. The minimum atomic E-state index is 0.322. The monoisotopic (exact) mass is 156 g/mol. The summed E-state index contributed by atoms with van der Waals surface area (Å²) in [5.74, 6) is 0.322. The average molecular weight is 156 g/mol. The van der Waals surface area contributed by atoms with Gasteiger partial charge in [0, 0.05) is 0 Å². The summed E-state index contributed by atoms with van der Waals surface area (Å²) >= 11 is 0. The Hall–Kier alpha value is -1.52. The van der Waals surface area contributed by atoms with E-state index < -0.39 is 0 Å². The van der Waals surface area contributed by atoms with Crippen molar-refractivity contribution in [2.24, 2.45) is 5.16 Å². The van der Waals surface area contributed by atoms with Crippen molar-refractivity contribution < 1.29 is 14.5 Å². The summed E-state index contributed by atoms with van der Waals surface area (Å²) in [6.07, 6.45) is 1.16. The molecule has 0 aliphatic heterocycles. The van der Waals surface area contributed by atoms with E-state index in [0.29, 0.717) is 18.2 Å². The molecule has 0 spiro atoms. The number of oxime groups is 1. The van der Waals surface area contributed by atoms with Crippen molar-refractivity contribution in [3.63, 3.8) is 0 Å². The van der Waals surface area contributed by atoms with Crippen LogP contribution in [-0.4, -0.2) is 23.2 Å². The molecule has 0 amide bonds. The third-order valence-corrected chi connectivity index (χ3v) is 0.983. The van der Waals surface area contributed by atoms with Crippen molar-refractivity contribution in [2.75, 3.05) is 6.61 Å². The number of hydrogen-bond acceptors (Lipinski definition) is 5. The van der Waals surface area contributed by atoms with Gasteiger partial charge in [-0.2, -0.15) is 0 Å². The van der Waals surface area contributed by atoms with Gasteiger partial charge in [0.05, 0.1) is 18.9 Å². The smallest absolute Gasteiger partial charge is 0.311 e. The first-order valence-corrected chi connectivity index (χ1v) is 3.13. The lowest BCUT2D eigenvalue weighted by Gasteiger charge is -1.91. The van der Waals surface area contributed by atoms with Crippen LogP contribution in [0.5, 0.6) is 5.95 Å². The van der Waals surface area contributed by atoms with Crippen LogP contribution in [0.3, 0.4) is 0 Å². The number of ether oxygens (including phenoxy) is 1. The Morgan fingerprint density at radius 2 is 2.73 bits per heavy atom. The van der Waals surface area contributed by atoms with Crippen molar-refractivity contribution in [3.05, 3.63) is 11.8 Å². The second-order valence-electron chi connectivity index (χ2n) is 1.75. The van der Waals surface area contributed by atoms with E-state index in [2.05, 4.69) is 14.8 Å². The highest BCUT2D eigenvalue weighted by Gasteiger charge is 2.00. The zero-order chi connectivity index (χ0) is 8.10. The van der Waals surface area contributed by atoms with E-state index in [4.69, 9.17) is 9.94 Å². The summed E-state index contributed by atoms with van der Waals surface area (Å²) in [5, 5.41) is 14.4. The van der Waals surface area contributed by atoms with E-state index in [1.807, 2.05) is 6.92 Å². The van der Waals surface area contributed by atoms with Crippen LogP contribution in [0, 0.1) is 0 Å². The molecule has 0 aliphatic carbocycles. The highest BCUT2D eigenvalue weighted by atomic mass is 16.6. The highest BCUT2D eigenvalue weighted by Crippen LogP contribution is 2.10. The van der Waals surface area contributed by atoms with E-state index in [9.17, 15) is 0 Å². The number of aromatic nitrogens is 1. The van der Waals surface area contributed by atoms with Crippen LogP contribution in [-0.2, 0) is 0 Å². The Labute approximate surface area is 63.2 Å². The second-order valence-corrected chi connectivity index (χ2v) is 1.75. The van der Waals surface area contributed by atoms with Crippen LogP contribution in [0.4, 0.5) is 0 Å². The molecule has 1 heterocycles. The third kappa shape index (κ3) is 1.96. The summed E-state index contributed by atoms with van der Waals surface area (Å²) < 4.78 is 9.64. The molecular weight excluding hydrogens is 148 g/mol. The molecule has 1 aromatic rings. The Morgan fingerprint density at radius 3 is 3.36 bits per heavy atom. The molecule has 0 atom stereocenters. The zero-order valence-corrected chi connectivity index (χ0v) is 6.02. The van der Waals surface area contributed by atoms with Crippen LogP contribution in [0.2, 0.25) is 0 Å². The van der Waals surface area contributed by atoms with Crippen molar-refractivity contribution in [1.82, 2.24) is 5.16 Å². The van der Waals surface area contributed by atoms with Gasteiger partial charge >= 0.3 is 5.95 Å². The fourth-order valence-electron chi connectivity index (χ4n) is 0.601. The van der Waals surface area contributed by atoms with Gasteiger partial charge in [0.2, 0.25) is 0 Å². The summed E-state index contributed by atoms with van der Waals surface area (Å²) in [5.41, 5.74) is 0.427. The van der Waals surface area contributed by atoms with E-state index in [1.54, 1.807) is 0 Å². The molecule has 5 nitrogen and oxygen atoms in total. The molecule has 0 radical (unpaired) electrons. The molecule has 5 heteroatoms. The van der Waals surface area contributed by atoms with Crippen molar-refractivity contribution in [3.8, 4) is 5.95 Å². The van der Waals surface area contributed by atoms with E-state index in [1.165, 1.54) is 6.07 Å². The molecule has 60 valence electrons. The third-order valence-electron chi connectivity index (χ3n) is 0.983. The lowest BCUT2D eigenvalue weighted by atomic mass is 10.5. The molecule has 1 aromatic heterocycles. The zero-order valence-electron chi connectivity index (χ0n) is 6.02. The molecule has 1 rings (SSSR count). The molecule has 11 heavy (non-hydrogen) atoms. The molecule has 1 N–H and O–H groups in total. The number of nitrogens with zero attached hydrogens (tertiary/aromatic N) is 2. The SMILES string of the molecule is CCOc1cc(C=NO)no1. The van der Waals surface area contributed by atoms with Gasteiger partial charge in [0.1, 0.15) is 5.69 Å². The van der Waals surface area contributed by atoms with E-state index >= 15 is 0 Å². The molecule has 0 saturated carbocycles. The quantitative estimate of drug-likeness (QED) is 0.400. The topological polar surface area (TPSA) is 67.8 Å². The molecule has 0 fully saturated rings. The Morgan fingerprint density at radius 1 is 1.91 bits per heavy atom. The predicted molar refractivity (Wildman–Crippen MR) is 37.1 cm³/mol. The Balaban J connectivity index is 2.65. The standard InChI is InChI=1S/C6H8N2O3/c1-2-10-6-3-5(4-7-9)8-11-6/h3-4,9H,2H2,1H3. The fraction of sp³-hybridized carbons (Fsp3) is 0.333. The maximum atomic E-state index is 8.11. The van der Waals surface area contributed by atoms with Gasteiger partial charge in [-0.3, -0.25) is 0 Å². The van der Waals surface area contributed by atoms with E-state index in [0.717, 1.165) is 6.21 Å². The number of rotatable bonds is 3. The maximum absolute atomic E-state index is 8.11.